The van der Waals surface area contributed by atoms with E-state index in [0.717, 1.165) is 5.56 Å². The van der Waals surface area contributed by atoms with Crippen molar-refractivity contribution in [3.63, 3.8) is 0 Å². The summed E-state index contributed by atoms with van der Waals surface area (Å²) in [6.45, 7) is 21.2. The van der Waals surface area contributed by atoms with Crippen LogP contribution in [0.25, 0.3) is 10.9 Å². The predicted molar refractivity (Wildman–Crippen MR) is 296 cm³/mol. The number of allylic oxidation sites excluding steroid dienone is 1. The molecule has 0 aliphatic carbocycles. The van der Waals surface area contributed by atoms with E-state index in [1.807, 2.05) is 85.5 Å². The Morgan fingerprint density at radius 3 is 2.28 bits per heavy atom. The molecule has 1 aromatic heterocycles. The fourth-order valence-corrected chi connectivity index (χ4v) is 12.6. The summed E-state index contributed by atoms with van der Waals surface area (Å²) in [5.74, 6) is -4.58. The van der Waals surface area contributed by atoms with Crippen LogP contribution in [0.5, 0.6) is 0 Å². The average molecular weight is 1150 g/mol. The van der Waals surface area contributed by atoms with E-state index in [1.54, 1.807) is 64.0 Å². The number of carboxylic acid groups (broad SMARTS) is 1. The third kappa shape index (κ3) is 15.3. The number of rotatable bonds is 19. The minimum atomic E-state index is -1.64. The summed E-state index contributed by atoms with van der Waals surface area (Å²) in [5.41, 5.74) is -3.51. The highest BCUT2D eigenvalue weighted by Crippen LogP contribution is 2.43. The molecule has 4 aliphatic heterocycles. The smallest absolute Gasteiger partial charge is 0.499 e. The highest BCUT2D eigenvalue weighted by molar-refractivity contribution is 5.92. The molecule has 0 amide bonds. The molecule has 0 radical (unpaired) electrons. The number of carbonyl (C=O) groups excluding carboxylic acids is 3. The van der Waals surface area contributed by atoms with Gasteiger partial charge in [0.1, 0.15) is 24.4 Å². The van der Waals surface area contributed by atoms with E-state index in [2.05, 4.69) is 0 Å². The number of carbonyl (C=O) groups is 4. The van der Waals surface area contributed by atoms with Gasteiger partial charge in [0, 0.05) is 64.2 Å². The van der Waals surface area contributed by atoms with Crippen molar-refractivity contribution >= 4 is 35.0 Å². The number of esters is 2. The fraction of sp³-hybridized carbons (Fsp3) is 0.746. The van der Waals surface area contributed by atoms with Gasteiger partial charge in [0.15, 0.2) is 30.4 Å². The fourth-order valence-electron chi connectivity index (χ4n) is 12.6. The molecular weight excluding hydrogens is 1050 g/mol. The van der Waals surface area contributed by atoms with Gasteiger partial charge in [0.2, 0.25) is 5.43 Å². The van der Waals surface area contributed by atoms with Gasteiger partial charge < -0.3 is 76.5 Å². The lowest BCUT2D eigenvalue weighted by Crippen LogP contribution is -2.61. The summed E-state index contributed by atoms with van der Waals surface area (Å²) in [6, 6.07) is 4.65. The third-order valence-electron chi connectivity index (χ3n) is 16.9. The molecule has 0 unspecified atom stereocenters. The van der Waals surface area contributed by atoms with Crippen molar-refractivity contribution in [1.29, 1.82) is 0 Å². The number of carboxylic acids is 1. The molecule has 0 bridgehead atoms. The Kier molecular flexibility index (Phi) is 22.4. The number of hydrogen-bond acceptors (Lipinski definition) is 20. The van der Waals surface area contributed by atoms with Crippen molar-refractivity contribution < 1.29 is 86.2 Å². The highest BCUT2D eigenvalue weighted by Gasteiger charge is 2.58. The molecule has 4 fully saturated rings. The first-order valence-electron chi connectivity index (χ1n) is 28.4. The second-order valence-corrected chi connectivity index (χ2v) is 23.7. The largest absolute Gasteiger partial charge is 0.509 e. The third-order valence-corrected chi connectivity index (χ3v) is 16.9. The van der Waals surface area contributed by atoms with Crippen molar-refractivity contribution in [1.82, 2.24) is 14.4 Å². The molecule has 4 aliphatic rings. The maximum absolute atomic E-state index is 14.9. The Labute approximate surface area is 476 Å². The van der Waals surface area contributed by atoms with Crippen LogP contribution < -0.4 is 5.43 Å². The molecule has 1 aromatic carbocycles. The van der Waals surface area contributed by atoms with Crippen LogP contribution in [0.15, 0.2) is 41.5 Å². The quantitative estimate of drug-likeness (QED) is 0.0697. The molecule has 18 atom stereocenters. The molecule has 22 heteroatoms. The first-order chi connectivity index (χ1) is 38.1. The van der Waals surface area contributed by atoms with Crippen molar-refractivity contribution in [3.8, 4) is 0 Å². The van der Waals surface area contributed by atoms with Crippen LogP contribution in [0.3, 0.4) is 0 Å². The van der Waals surface area contributed by atoms with Gasteiger partial charge in [-0.15, -0.1) is 0 Å². The zero-order chi connectivity index (χ0) is 59.9. The van der Waals surface area contributed by atoms with Crippen LogP contribution in [0.2, 0.25) is 0 Å². The van der Waals surface area contributed by atoms with Crippen LogP contribution in [0.1, 0.15) is 118 Å². The molecule has 0 saturated carbocycles. The van der Waals surface area contributed by atoms with Crippen molar-refractivity contribution in [2.45, 2.75) is 205 Å². The summed E-state index contributed by atoms with van der Waals surface area (Å²) in [6.07, 6.45) is -3.24. The SMILES string of the molecule is CC[C@H]1OC(=O)[C@H](C)[C@@H](O[C@H]2C[C@@](C)(OC)[C@@H](OCCO/C=C/Cc3ccc4c(c3)c(=O)c(C(=O)O)cn4CCOC)[C@H](C)O2)[C@H](C)[C@@H](O[C@@H]2O[C@H](C)C[C@H](N(C)C)[C@H]2OC(C)=O)[C@](C)(O)C[C@@H](C)CN(C)[C@H](C)[C@H]2OC(=O)O[C@@]21C. The number of benzene rings is 1. The number of aromatic carboxylic acids is 1. The van der Waals surface area contributed by atoms with Gasteiger partial charge >= 0.3 is 24.1 Å². The van der Waals surface area contributed by atoms with E-state index in [9.17, 15) is 34.2 Å². The predicted octanol–water partition coefficient (Wildman–Crippen LogP) is 6.11. The van der Waals surface area contributed by atoms with E-state index in [4.69, 9.17) is 56.8 Å². The standard InChI is InChI=1S/C59H91N3O19/c1-17-45-59(11)51(80-56(68)81-59)37(6)61(14)31-33(2)29-57(9,69)50(79-55-49(76-39(8)63)44(60(12)13)27-34(3)74-55)35(4)48(36(5)54(67)77-45)78-46-30-58(10,71-16)52(38(7)75-46)73-26-25-72-23-18-19-40-20-21-43-41(28-40)47(64)42(53(65)66)32-62(43)22-24-70-15/h18,20-21,23,28,32-38,44-46,48-52,55,69H,17,19,22,24-27,29-31H2,1-16H3,(H,65,66)/b23-18+/t33-,34-,35+,36-,37-,38+,44+,45-,46+,48+,49-,50-,51-,52+,55+,57-,58-,59-/m1/s1. The zero-order valence-electron chi connectivity index (χ0n) is 50.4. The second-order valence-electron chi connectivity index (χ2n) is 23.7. The van der Waals surface area contributed by atoms with Crippen molar-refractivity contribution in [2.24, 2.45) is 17.8 Å². The number of nitrogens with zero attached hydrogens (tertiary/aromatic N) is 3. The minimum absolute atomic E-state index is 0.136. The second kappa shape index (κ2) is 27.8. The molecule has 22 nitrogen and oxygen atoms in total. The van der Waals surface area contributed by atoms with Gasteiger partial charge in [0.05, 0.1) is 72.6 Å². The molecule has 456 valence electrons. The lowest BCUT2D eigenvalue weighted by atomic mass is 9.77. The summed E-state index contributed by atoms with van der Waals surface area (Å²) >= 11 is 0. The summed E-state index contributed by atoms with van der Waals surface area (Å²) in [5, 5.41) is 23.0. The van der Waals surface area contributed by atoms with Gasteiger partial charge in [0.25, 0.3) is 0 Å². The first kappa shape index (κ1) is 65.4. The maximum atomic E-state index is 14.9. The van der Waals surface area contributed by atoms with E-state index >= 15 is 0 Å². The molecule has 4 saturated heterocycles. The number of likely N-dealkylation sites (N-methyl/N-ethyl adjacent to an activating group) is 2. The molecule has 2 aromatic rings. The van der Waals surface area contributed by atoms with Gasteiger partial charge in [-0.05, 0) is 125 Å². The topological polar surface area (TPSA) is 248 Å². The molecular formula is C59H91N3O19. The number of aromatic nitrogens is 1. The summed E-state index contributed by atoms with van der Waals surface area (Å²) in [4.78, 5) is 69.7. The Hall–Kier alpha value is -4.75. The van der Waals surface area contributed by atoms with Crippen molar-refractivity contribution in [3.05, 3.63) is 58.1 Å². The van der Waals surface area contributed by atoms with Gasteiger partial charge in [-0.1, -0.05) is 26.8 Å². The van der Waals surface area contributed by atoms with Crippen LogP contribution in [-0.4, -0.2) is 201 Å². The summed E-state index contributed by atoms with van der Waals surface area (Å²) in [7, 11) is 8.82. The Bertz CT molecular complexity index is 2560. The lowest BCUT2D eigenvalue weighted by molar-refractivity contribution is -0.321. The maximum Gasteiger partial charge on any atom is 0.509 e. The van der Waals surface area contributed by atoms with E-state index in [1.165, 1.54) is 13.1 Å². The van der Waals surface area contributed by atoms with Gasteiger partial charge in [-0.25, -0.2) is 9.59 Å². The molecule has 6 rings (SSSR count). The lowest BCUT2D eigenvalue weighted by Gasteiger charge is -2.49. The average Bonchev–Trinajstić information content (AvgIpc) is 3.93. The van der Waals surface area contributed by atoms with E-state index in [0.29, 0.717) is 43.4 Å². The highest BCUT2D eigenvalue weighted by atomic mass is 16.8. The normalized spacial score (nSPS) is 36.5. The molecule has 81 heavy (non-hydrogen) atoms. The number of cyclic esters (lactones) is 1. The van der Waals surface area contributed by atoms with Crippen molar-refractivity contribution in [2.75, 3.05) is 61.7 Å². The Morgan fingerprint density at radius 1 is 0.926 bits per heavy atom. The monoisotopic (exact) mass is 1150 g/mol. The van der Waals surface area contributed by atoms with E-state index < -0.39 is 119 Å². The number of pyridine rings is 1. The number of hydrogen-bond donors (Lipinski definition) is 2. The van der Waals surface area contributed by atoms with Crippen LogP contribution in [0.4, 0.5) is 4.79 Å². The van der Waals surface area contributed by atoms with Gasteiger partial charge in [-0.3, -0.25) is 19.3 Å². The Morgan fingerprint density at radius 2 is 1.64 bits per heavy atom. The summed E-state index contributed by atoms with van der Waals surface area (Å²) < 4.78 is 76.7. The van der Waals surface area contributed by atoms with Crippen LogP contribution in [0, 0.1) is 17.8 Å². The number of methoxy groups -OCH3 is 2. The number of ether oxygens (including phenoxy) is 12. The number of fused-ring (bicyclic) bond motifs is 2. The minimum Gasteiger partial charge on any atom is -0.499 e. The first-order valence-corrected chi connectivity index (χ1v) is 28.4. The van der Waals surface area contributed by atoms with Crippen LogP contribution >= 0.6 is 0 Å². The zero-order valence-corrected chi connectivity index (χ0v) is 50.4. The molecule has 5 heterocycles. The van der Waals surface area contributed by atoms with E-state index in [-0.39, 0.29) is 56.1 Å². The number of aliphatic hydroxyl groups is 1. The molecule has 2 N–H and O–H groups in total. The molecule has 0 spiro atoms. The van der Waals surface area contributed by atoms with Gasteiger partial charge in [-0.2, -0.15) is 0 Å². The Balaban J connectivity index is 1.24. The van der Waals surface area contributed by atoms with Crippen LogP contribution in [-0.2, 0) is 79.4 Å².